The summed E-state index contributed by atoms with van der Waals surface area (Å²) in [5.41, 5.74) is 2.15. The standard InChI is InChI=1S/C10H10N4O2/c1-6-3-4-7(11-5-6)8-9(10(15)16-2)13-14-12-8/h3-5H,1-2H3,(H,12,13,14). The van der Waals surface area contributed by atoms with E-state index in [0.29, 0.717) is 11.4 Å². The summed E-state index contributed by atoms with van der Waals surface area (Å²) in [5.74, 6) is -0.536. The summed E-state index contributed by atoms with van der Waals surface area (Å²) in [6, 6.07) is 3.66. The Bertz CT molecular complexity index is 504. The van der Waals surface area contributed by atoms with E-state index in [1.165, 1.54) is 7.11 Å². The Morgan fingerprint density at radius 1 is 1.38 bits per heavy atom. The maximum atomic E-state index is 11.4. The molecular weight excluding hydrogens is 208 g/mol. The minimum Gasteiger partial charge on any atom is -0.464 e. The molecule has 6 heteroatoms. The van der Waals surface area contributed by atoms with Crippen LogP contribution in [0.3, 0.4) is 0 Å². The molecule has 0 fully saturated rings. The van der Waals surface area contributed by atoms with Crippen LogP contribution in [0.2, 0.25) is 0 Å². The summed E-state index contributed by atoms with van der Waals surface area (Å²) in [5, 5.41) is 10.0. The van der Waals surface area contributed by atoms with E-state index in [9.17, 15) is 4.79 Å². The third-order valence-corrected chi connectivity index (χ3v) is 2.08. The van der Waals surface area contributed by atoms with E-state index in [-0.39, 0.29) is 5.69 Å². The van der Waals surface area contributed by atoms with Crippen molar-refractivity contribution in [2.75, 3.05) is 7.11 Å². The fraction of sp³-hybridized carbons (Fsp3) is 0.200. The summed E-state index contributed by atoms with van der Waals surface area (Å²) >= 11 is 0. The summed E-state index contributed by atoms with van der Waals surface area (Å²) in [6.45, 7) is 1.93. The molecule has 2 rings (SSSR count). The molecule has 0 saturated carbocycles. The Kier molecular flexibility index (Phi) is 2.63. The molecule has 0 aliphatic heterocycles. The lowest BCUT2D eigenvalue weighted by Crippen LogP contribution is -2.04. The molecule has 0 bridgehead atoms. The largest absolute Gasteiger partial charge is 0.464 e. The van der Waals surface area contributed by atoms with Gasteiger partial charge >= 0.3 is 5.97 Å². The van der Waals surface area contributed by atoms with Crippen molar-refractivity contribution in [1.29, 1.82) is 0 Å². The highest BCUT2D eigenvalue weighted by atomic mass is 16.5. The van der Waals surface area contributed by atoms with Crippen LogP contribution >= 0.6 is 0 Å². The first-order valence-corrected chi connectivity index (χ1v) is 4.64. The van der Waals surface area contributed by atoms with Crippen LogP contribution in [0, 0.1) is 6.92 Å². The predicted octanol–water partition coefficient (Wildman–Crippen LogP) is 0.962. The number of carbonyl (C=O) groups is 1. The smallest absolute Gasteiger partial charge is 0.360 e. The van der Waals surface area contributed by atoms with Crippen molar-refractivity contribution in [1.82, 2.24) is 20.4 Å². The molecule has 0 saturated heterocycles. The normalized spacial score (nSPS) is 10.1. The van der Waals surface area contributed by atoms with Crippen molar-refractivity contribution < 1.29 is 9.53 Å². The van der Waals surface area contributed by atoms with Crippen molar-refractivity contribution >= 4 is 5.97 Å². The Labute approximate surface area is 91.7 Å². The van der Waals surface area contributed by atoms with Gasteiger partial charge in [0, 0.05) is 6.20 Å². The van der Waals surface area contributed by atoms with Gasteiger partial charge in [0.05, 0.1) is 12.8 Å². The van der Waals surface area contributed by atoms with Crippen LogP contribution in [-0.4, -0.2) is 33.5 Å². The second-order valence-corrected chi connectivity index (χ2v) is 3.23. The number of hydrogen-bond donors (Lipinski definition) is 1. The highest BCUT2D eigenvalue weighted by Crippen LogP contribution is 2.17. The molecule has 0 unspecified atom stereocenters. The number of nitrogens with zero attached hydrogens (tertiary/aromatic N) is 3. The molecule has 16 heavy (non-hydrogen) atoms. The Hall–Kier alpha value is -2.24. The van der Waals surface area contributed by atoms with Gasteiger partial charge in [-0.15, -0.1) is 5.10 Å². The van der Waals surface area contributed by atoms with Gasteiger partial charge in [0.25, 0.3) is 0 Å². The number of esters is 1. The average Bonchev–Trinajstić information content (AvgIpc) is 2.78. The number of aromatic nitrogens is 4. The third kappa shape index (κ3) is 1.77. The monoisotopic (exact) mass is 218 g/mol. The van der Waals surface area contributed by atoms with Crippen molar-refractivity contribution in [2.45, 2.75) is 6.92 Å². The topological polar surface area (TPSA) is 80.8 Å². The number of aromatic amines is 1. The van der Waals surface area contributed by atoms with Crippen LogP contribution in [0.25, 0.3) is 11.4 Å². The van der Waals surface area contributed by atoms with Crippen LogP contribution in [0.15, 0.2) is 18.3 Å². The fourth-order valence-corrected chi connectivity index (χ4v) is 1.26. The van der Waals surface area contributed by atoms with Gasteiger partial charge in [-0.05, 0) is 18.6 Å². The number of H-pyrrole nitrogens is 1. The zero-order chi connectivity index (χ0) is 11.5. The molecule has 6 nitrogen and oxygen atoms in total. The van der Waals surface area contributed by atoms with E-state index in [1.54, 1.807) is 12.3 Å². The molecule has 2 aromatic heterocycles. The number of methoxy groups -OCH3 is 1. The number of ether oxygens (including phenoxy) is 1. The molecule has 0 amide bonds. The predicted molar refractivity (Wildman–Crippen MR) is 55.7 cm³/mol. The van der Waals surface area contributed by atoms with E-state index in [0.717, 1.165) is 5.56 Å². The quantitative estimate of drug-likeness (QED) is 0.759. The minimum atomic E-state index is -0.536. The lowest BCUT2D eigenvalue weighted by molar-refractivity contribution is 0.0595. The first kappa shape index (κ1) is 10.3. The van der Waals surface area contributed by atoms with Gasteiger partial charge in [0.15, 0.2) is 5.69 Å². The van der Waals surface area contributed by atoms with Gasteiger partial charge < -0.3 is 4.74 Å². The van der Waals surface area contributed by atoms with Gasteiger partial charge in [-0.3, -0.25) is 4.98 Å². The number of hydrogen-bond acceptors (Lipinski definition) is 5. The lowest BCUT2D eigenvalue weighted by atomic mass is 10.2. The Morgan fingerprint density at radius 3 is 2.81 bits per heavy atom. The number of nitrogens with one attached hydrogen (secondary N) is 1. The zero-order valence-corrected chi connectivity index (χ0v) is 8.89. The molecule has 0 spiro atoms. The molecule has 2 aromatic rings. The molecule has 0 aliphatic rings. The average molecular weight is 218 g/mol. The highest BCUT2D eigenvalue weighted by molar-refractivity contribution is 5.93. The number of aryl methyl sites for hydroxylation is 1. The van der Waals surface area contributed by atoms with Gasteiger partial charge in [-0.1, -0.05) is 6.07 Å². The van der Waals surface area contributed by atoms with Crippen molar-refractivity contribution in [3.63, 3.8) is 0 Å². The highest BCUT2D eigenvalue weighted by Gasteiger charge is 2.18. The van der Waals surface area contributed by atoms with E-state index in [4.69, 9.17) is 0 Å². The molecule has 82 valence electrons. The summed E-state index contributed by atoms with van der Waals surface area (Å²) in [6.07, 6.45) is 1.70. The maximum absolute atomic E-state index is 11.4. The van der Waals surface area contributed by atoms with Crippen molar-refractivity contribution in [3.8, 4) is 11.4 Å². The first-order chi connectivity index (χ1) is 7.72. The lowest BCUT2D eigenvalue weighted by Gasteiger charge is -1.98. The van der Waals surface area contributed by atoms with Crippen LogP contribution in [0.1, 0.15) is 16.1 Å². The summed E-state index contributed by atoms with van der Waals surface area (Å²) < 4.78 is 4.59. The minimum absolute atomic E-state index is 0.138. The number of pyridine rings is 1. The zero-order valence-electron chi connectivity index (χ0n) is 8.89. The molecule has 0 radical (unpaired) electrons. The molecule has 0 atom stereocenters. The van der Waals surface area contributed by atoms with Crippen molar-refractivity contribution in [3.05, 3.63) is 29.6 Å². The first-order valence-electron chi connectivity index (χ1n) is 4.64. The van der Waals surface area contributed by atoms with E-state index in [1.807, 2.05) is 13.0 Å². The fourth-order valence-electron chi connectivity index (χ4n) is 1.26. The van der Waals surface area contributed by atoms with E-state index >= 15 is 0 Å². The van der Waals surface area contributed by atoms with Crippen LogP contribution in [0.5, 0.6) is 0 Å². The second-order valence-electron chi connectivity index (χ2n) is 3.23. The molecule has 0 aromatic carbocycles. The van der Waals surface area contributed by atoms with Gasteiger partial charge in [0.1, 0.15) is 5.69 Å². The maximum Gasteiger partial charge on any atom is 0.360 e. The van der Waals surface area contributed by atoms with Gasteiger partial charge in [-0.2, -0.15) is 10.3 Å². The SMILES string of the molecule is COC(=O)c1n[nH]nc1-c1ccc(C)cn1. The Balaban J connectivity index is 2.44. The Morgan fingerprint density at radius 2 is 2.19 bits per heavy atom. The number of carbonyl (C=O) groups excluding carboxylic acids is 1. The molecule has 0 aliphatic carbocycles. The summed E-state index contributed by atoms with van der Waals surface area (Å²) in [7, 11) is 1.30. The molecule has 2 heterocycles. The van der Waals surface area contributed by atoms with Gasteiger partial charge in [-0.25, -0.2) is 4.79 Å². The summed E-state index contributed by atoms with van der Waals surface area (Å²) in [4.78, 5) is 15.5. The number of rotatable bonds is 2. The second kappa shape index (κ2) is 4.09. The van der Waals surface area contributed by atoms with Gasteiger partial charge in [0.2, 0.25) is 0 Å². The third-order valence-electron chi connectivity index (χ3n) is 2.08. The molecular formula is C10H10N4O2. The van der Waals surface area contributed by atoms with Crippen LogP contribution < -0.4 is 0 Å². The van der Waals surface area contributed by atoms with Crippen LogP contribution in [-0.2, 0) is 4.74 Å². The molecule has 1 N–H and O–H groups in total. The van der Waals surface area contributed by atoms with Crippen LogP contribution in [0.4, 0.5) is 0 Å². The van der Waals surface area contributed by atoms with E-state index < -0.39 is 5.97 Å². The van der Waals surface area contributed by atoms with Crippen molar-refractivity contribution in [2.24, 2.45) is 0 Å². The van der Waals surface area contributed by atoms with E-state index in [2.05, 4.69) is 25.1 Å².